The van der Waals surface area contributed by atoms with Crippen LogP contribution in [-0.4, -0.2) is 42.9 Å². The summed E-state index contributed by atoms with van der Waals surface area (Å²) in [5.41, 5.74) is 0. The number of likely N-dealkylation sites (N-methyl/N-ethyl adjacent to an activating group) is 1. The quantitative estimate of drug-likeness (QED) is 0.825. The summed E-state index contributed by atoms with van der Waals surface area (Å²) in [6.07, 6.45) is 4.30. The van der Waals surface area contributed by atoms with Gasteiger partial charge in [-0.05, 0) is 32.1 Å². The van der Waals surface area contributed by atoms with Gasteiger partial charge in [0.05, 0.1) is 6.54 Å². The van der Waals surface area contributed by atoms with Crippen LogP contribution < -0.4 is 5.32 Å². The summed E-state index contributed by atoms with van der Waals surface area (Å²) in [5.74, 6) is 0.716. The maximum absolute atomic E-state index is 12.5. The molecule has 2 heterocycles. The van der Waals surface area contributed by atoms with Crippen LogP contribution in [0, 0.1) is 0 Å². The largest absolute Gasteiger partial charge is 0.337 e. The van der Waals surface area contributed by atoms with Crippen LogP contribution in [0.3, 0.4) is 0 Å². The molecule has 21 heavy (non-hydrogen) atoms. The molecule has 0 unspecified atom stereocenters. The second kappa shape index (κ2) is 6.69. The number of imidazole rings is 1. The van der Waals surface area contributed by atoms with Gasteiger partial charge in [0, 0.05) is 31.4 Å². The van der Waals surface area contributed by atoms with Gasteiger partial charge in [-0.3, -0.25) is 0 Å². The molecule has 2 rings (SSSR count). The number of rotatable bonds is 7. The van der Waals surface area contributed by atoms with Gasteiger partial charge in [0.1, 0.15) is 10.0 Å². The van der Waals surface area contributed by atoms with Crippen molar-refractivity contribution in [2.24, 2.45) is 7.05 Å². The van der Waals surface area contributed by atoms with Crippen molar-refractivity contribution < 1.29 is 8.42 Å². The lowest BCUT2D eigenvalue weighted by Crippen LogP contribution is -2.27. The third-order valence-electron chi connectivity index (χ3n) is 3.21. The van der Waals surface area contributed by atoms with Crippen LogP contribution in [0.15, 0.2) is 28.7 Å². The first-order valence-electron chi connectivity index (χ1n) is 6.61. The molecule has 2 aromatic rings. The Labute approximate surface area is 129 Å². The van der Waals surface area contributed by atoms with E-state index in [2.05, 4.69) is 10.3 Å². The van der Waals surface area contributed by atoms with Gasteiger partial charge in [-0.2, -0.15) is 4.31 Å². The summed E-state index contributed by atoms with van der Waals surface area (Å²) in [5, 5.41) is 3.06. The fourth-order valence-electron chi connectivity index (χ4n) is 1.87. The molecule has 0 saturated heterocycles. The zero-order chi connectivity index (χ0) is 15.5. The van der Waals surface area contributed by atoms with Gasteiger partial charge in [-0.1, -0.05) is 0 Å². The predicted octanol–water partition coefficient (Wildman–Crippen LogP) is 1.06. The minimum absolute atomic E-state index is 0.260. The van der Waals surface area contributed by atoms with E-state index in [-0.39, 0.29) is 6.54 Å². The SMILES string of the molecule is CNCCc1ccc(S(=O)(=O)N(C)Cc2nccn2C)s1. The van der Waals surface area contributed by atoms with Crippen molar-refractivity contribution in [2.45, 2.75) is 17.2 Å². The smallest absolute Gasteiger partial charge is 0.252 e. The summed E-state index contributed by atoms with van der Waals surface area (Å²) < 4.78 is 28.6. The van der Waals surface area contributed by atoms with E-state index < -0.39 is 10.0 Å². The predicted molar refractivity (Wildman–Crippen MR) is 83.8 cm³/mol. The third kappa shape index (κ3) is 3.70. The van der Waals surface area contributed by atoms with Crippen LogP contribution in [0.1, 0.15) is 10.7 Å². The second-order valence-electron chi connectivity index (χ2n) is 4.79. The van der Waals surface area contributed by atoms with Crippen molar-refractivity contribution in [3.8, 4) is 0 Å². The second-order valence-corrected chi connectivity index (χ2v) is 8.23. The number of nitrogens with zero attached hydrogens (tertiary/aromatic N) is 3. The average Bonchev–Trinajstić information content (AvgIpc) is 3.06. The van der Waals surface area contributed by atoms with E-state index >= 15 is 0 Å². The molecule has 6 nitrogen and oxygen atoms in total. The summed E-state index contributed by atoms with van der Waals surface area (Å²) >= 11 is 1.33. The molecule has 0 aliphatic carbocycles. The number of sulfonamides is 1. The first kappa shape index (κ1) is 16.2. The van der Waals surface area contributed by atoms with Crippen molar-refractivity contribution in [2.75, 3.05) is 20.6 Å². The fraction of sp³-hybridized carbons (Fsp3) is 0.462. The van der Waals surface area contributed by atoms with Gasteiger partial charge in [0.15, 0.2) is 0 Å². The van der Waals surface area contributed by atoms with Gasteiger partial charge in [0.25, 0.3) is 10.0 Å². The zero-order valence-corrected chi connectivity index (χ0v) is 14.0. The highest BCUT2D eigenvalue weighted by molar-refractivity contribution is 7.91. The van der Waals surface area contributed by atoms with Gasteiger partial charge >= 0.3 is 0 Å². The first-order chi connectivity index (χ1) is 9.95. The fourth-order valence-corrected chi connectivity index (χ4v) is 4.56. The molecule has 0 spiro atoms. The molecule has 116 valence electrons. The van der Waals surface area contributed by atoms with E-state index in [4.69, 9.17) is 0 Å². The lowest BCUT2D eigenvalue weighted by atomic mass is 10.3. The van der Waals surface area contributed by atoms with Gasteiger partial charge in [-0.25, -0.2) is 13.4 Å². The number of aromatic nitrogens is 2. The van der Waals surface area contributed by atoms with Crippen molar-refractivity contribution in [3.63, 3.8) is 0 Å². The number of thiophene rings is 1. The highest BCUT2D eigenvalue weighted by Gasteiger charge is 2.23. The highest BCUT2D eigenvalue weighted by atomic mass is 32.2. The summed E-state index contributed by atoms with van der Waals surface area (Å²) in [7, 11) is 1.85. The number of hydrogen-bond donors (Lipinski definition) is 1. The highest BCUT2D eigenvalue weighted by Crippen LogP contribution is 2.25. The Morgan fingerprint density at radius 2 is 2.19 bits per heavy atom. The van der Waals surface area contributed by atoms with Crippen molar-refractivity contribution in [1.82, 2.24) is 19.2 Å². The Kier molecular flexibility index (Phi) is 5.15. The molecule has 0 bridgehead atoms. The van der Waals surface area contributed by atoms with E-state index in [9.17, 15) is 8.42 Å². The Morgan fingerprint density at radius 1 is 1.43 bits per heavy atom. The Bertz CT molecular complexity index is 691. The number of nitrogens with one attached hydrogen (secondary N) is 1. The topological polar surface area (TPSA) is 67.2 Å². The Hall–Kier alpha value is -1.22. The van der Waals surface area contributed by atoms with Crippen LogP contribution in [-0.2, 0) is 30.0 Å². The molecule has 0 saturated carbocycles. The third-order valence-corrected chi connectivity index (χ3v) is 6.62. The zero-order valence-electron chi connectivity index (χ0n) is 12.4. The summed E-state index contributed by atoms with van der Waals surface area (Å²) in [4.78, 5) is 5.22. The minimum atomic E-state index is -3.46. The molecule has 0 aromatic carbocycles. The van der Waals surface area contributed by atoms with Crippen LogP contribution in [0.5, 0.6) is 0 Å². The molecule has 0 amide bonds. The van der Waals surface area contributed by atoms with Crippen LogP contribution >= 0.6 is 11.3 Å². The normalized spacial score (nSPS) is 12.2. The van der Waals surface area contributed by atoms with Crippen molar-refractivity contribution in [3.05, 3.63) is 35.2 Å². The lowest BCUT2D eigenvalue weighted by Gasteiger charge is -2.15. The van der Waals surface area contributed by atoms with Crippen LogP contribution in [0.4, 0.5) is 0 Å². The molecule has 0 aliphatic heterocycles. The van der Waals surface area contributed by atoms with Crippen molar-refractivity contribution >= 4 is 21.4 Å². The van der Waals surface area contributed by atoms with E-state index in [1.165, 1.54) is 15.6 Å². The molecule has 0 atom stereocenters. The van der Waals surface area contributed by atoms with E-state index in [1.54, 1.807) is 25.5 Å². The number of hydrogen-bond acceptors (Lipinski definition) is 5. The standard InChI is InChI=1S/C13H20N4O2S2/c1-14-7-6-11-4-5-13(20-11)21(18,19)17(3)10-12-15-8-9-16(12)2/h4-5,8-9,14H,6-7,10H2,1-3H3. The number of aryl methyl sites for hydroxylation is 1. The molecular formula is C13H20N4O2S2. The van der Waals surface area contributed by atoms with E-state index in [0.717, 1.165) is 17.8 Å². The Balaban J connectivity index is 2.13. The molecule has 0 radical (unpaired) electrons. The molecule has 1 N–H and O–H groups in total. The summed E-state index contributed by atoms with van der Waals surface area (Å²) in [6, 6.07) is 3.56. The van der Waals surface area contributed by atoms with Crippen molar-refractivity contribution in [1.29, 1.82) is 0 Å². The Morgan fingerprint density at radius 3 is 2.81 bits per heavy atom. The van der Waals surface area contributed by atoms with Crippen LogP contribution in [0.2, 0.25) is 0 Å². The minimum Gasteiger partial charge on any atom is -0.337 e. The van der Waals surface area contributed by atoms with E-state index in [0.29, 0.717) is 10.0 Å². The lowest BCUT2D eigenvalue weighted by molar-refractivity contribution is 0.453. The average molecular weight is 328 g/mol. The van der Waals surface area contributed by atoms with Gasteiger partial charge < -0.3 is 9.88 Å². The molecule has 2 aromatic heterocycles. The summed E-state index contributed by atoms with van der Waals surface area (Å²) in [6.45, 7) is 1.10. The van der Waals surface area contributed by atoms with Crippen LogP contribution in [0.25, 0.3) is 0 Å². The maximum Gasteiger partial charge on any atom is 0.252 e. The monoisotopic (exact) mass is 328 g/mol. The van der Waals surface area contributed by atoms with Gasteiger partial charge in [-0.15, -0.1) is 11.3 Å². The maximum atomic E-state index is 12.5. The molecule has 0 aliphatic rings. The molecular weight excluding hydrogens is 308 g/mol. The van der Waals surface area contributed by atoms with Gasteiger partial charge in [0.2, 0.25) is 0 Å². The molecule has 0 fully saturated rings. The first-order valence-corrected chi connectivity index (χ1v) is 8.86. The molecule has 8 heteroatoms. The van der Waals surface area contributed by atoms with E-state index in [1.807, 2.05) is 24.7 Å².